The van der Waals surface area contributed by atoms with Gasteiger partial charge in [-0.15, -0.1) is 6.58 Å². The number of rotatable bonds is 4. The molecule has 0 aliphatic carbocycles. The van der Waals surface area contributed by atoms with Gasteiger partial charge in [-0.3, -0.25) is 0 Å². The van der Waals surface area contributed by atoms with Gasteiger partial charge in [0.05, 0.1) is 6.33 Å². The van der Waals surface area contributed by atoms with Gasteiger partial charge in [0.15, 0.2) is 11.5 Å². The first-order chi connectivity index (χ1) is 7.33. The van der Waals surface area contributed by atoms with Crippen LogP contribution in [0.4, 0.5) is 5.82 Å². The third-order valence-electron chi connectivity index (χ3n) is 2.24. The van der Waals surface area contributed by atoms with Gasteiger partial charge in [-0.25, -0.2) is 15.0 Å². The van der Waals surface area contributed by atoms with E-state index in [4.69, 9.17) is 5.73 Å². The largest absolute Gasteiger partial charge is 0.382 e. The van der Waals surface area contributed by atoms with Crippen LogP contribution in [0.15, 0.2) is 25.3 Å². The average molecular weight is 203 g/mol. The van der Waals surface area contributed by atoms with Crippen LogP contribution in [-0.4, -0.2) is 19.5 Å². The van der Waals surface area contributed by atoms with Crippen LogP contribution < -0.4 is 5.73 Å². The molecule has 0 unspecified atom stereocenters. The highest BCUT2D eigenvalue weighted by Crippen LogP contribution is 2.14. The Morgan fingerprint density at radius 2 is 2.27 bits per heavy atom. The molecule has 0 radical (unpaired) electrons. The summed E-state index contributed by atoms with van der Waals surface area (Å²) >= 11 is 0. The molecular weight excluding hydrogens is 190 g/mol. The molecule has 0 fully saturated rings. The summed E-state index contributed by atoms with van der Waals surface area (Å²) in [6.45, 7) is 4.56. The quantitative estimate of drug-likeness (QED) is 0.602. The fraction of sp³-hybridized carbons (Fsp3) is 0.300. The lowest BCUT2D eigenvalue weighted by atomic mass is 10.3. The third kappa shape index (κ3) is 1.81. The number of fused-ring (bicyclic) bond motifs is 1. The number of nitrogens with two attached hydrogens (primary N) is 1. The van der Waals surface area contributed by atoms with Gasteiger partial charge in [0, 0.05) is 6.54 Å². The molecule has 0 atom stereocenters. The van der Waals surface area contributed by atoms with Gasteiger partial charge < -0.3 is 10.3 Å². The molecule has 5 heteroatoms. The highest BCUT2D eigenvalue weighted by molar-refractivity contribution is 5.80. The molecule has 0 saturated heterocycles. The van der Waals surface area contributed by atoms with E-state index in [9.17, 15) is 0 Å². The van der Waals surface area contributed by atoms with Crippen LogP contribution in [0, 0.1) is 0 Å². The van der Waals surface area contributed by atoms with Crippen molar-refractivity contribution in [1.29, 1.82) is 0 Å². The maximum Gasteiger partial charge on any atom is 0.165 e. The van der Waals surface area contributed by atoms with Crippen LogP contribution >= 0.6 is 0 Å². The van der Waals surface area contributed by atoms with E-state index in [-0.39, 0.29) is 0 Å². The summed E-state index contributed by atoms with van der Waals surface area (Å²) in [5.41, 5.74) is 7.16. The Morgan fingerprint density at radius 3 is 3.07 bits per heavy atom. The molecule has 2 heterocycles. The first kappa shape index (κ1) is 9.64. The van der Waals surface area contributed by atoms with Crippen molar-refractivity contribution >= 4 is 17.0 Å². The fourth-order valence-electron chi connectivity index (χ4n) is 1.47. The van der Waals surface area contributed by atoms with Crippen LogP contribution in [0.2, 0.25) is 0 Å². The molecule has 0 aliphatic heterocycles. The van der Waals surface area contributed by atoms with Gasteiger partial charge >= 0.3 is 0 Å². The van der Waals surface area contributed by atoms with E-state index in [1.807, 2.05) is 10.6 Å². The predicted octanol–water partition coefficient (Wildman–Crippen LogP) is 1.37. The number of imidazole rings is 1. The van der Waals surface area contributed by atoms with E-state index in [1.54, 1.807) is 6.33 Å². The molecule has 0 aliphatic rings. The number of anilines is 1. The Morgan fingerprint density at radius 1 is 1.40 bits per heavy atom. The SMILES string of the molecule is C=CCCCn1cnc2c(N)ncnc21. The first-order valence-corrected chi connectivity index (χ1v) is 4.85. The summed E-state index contributed by atoms with van der Waals surface area (Å²) in [7, 11) is 0. The molecule has 0 saturated carbocycles. The minimum absolute atomic E-state index is 0.433. The van der Waals surface area contributed by atoms with E-state index in [0.717, 1.165) is 25.0 Å². The molecule has 2 N–H and O–H groups in total. The van der Waals surface area contributed by atoms with Crippen molar-refractivity contribution in [1.82, 2.24) is 19.5 Å². The van der Waals surface area contributed by atoms with E-state index >= 15 is 0 Å². The minimum atomic E-state index is 0.433. The molecule has 0 amide bonds. The van der Waals surface area contributed by atoms with Gasteiger partial charge in [-0.2, -0.15) is 0 Å². The van der Waals surface area contributed by atoms with Crippen LogP contribution in [0.3, 0.4) is 0 Å². The summed E-state index contributed by atoms with van der Waals surface area (Å²) < 4.78 is 1.98. The van der Waals surface area contributed by atoms with Crippen molar-refractivity contribution in [3.63, 3.8) is 0 Å². The lowest BCUT2D eigenvalue weighted by molar-refractivity contribution is 0.661. The predicted molar refractivity (Wildman–Crippen MR) is 59.2 cm³/mol. The van der Waals surface area contributed by atoms with Crippen molar-refractivity contribution in [3.05, 3.63) is 25.3 Å². The lowest BCUT2D eigenvalue weighted by Gasteiger charge is -2.01. The summed E-state index contributed by atoms with van der Waals surface area (Å²) in [6.07, 6.45) is 7.13. The number of hydrogen-bond donors (Lipinski definition) is 1. The standard InChI is InChI=1S/C10H13N5/c1-2-3-4-5-15-7-14-8-9(11)12-6-13-10(8)15/h2,6-7H,1,3-5H2,(H2,11,12,13). The van der Waals surface area contributed by atoms with Crippen LogP contribution in [0.5, 0.6) is 0 Å². The van der Waals surface area contributed by atoms with Gasteiger partial charge in [0.2, 0.25) is 0 Å². The number of aromatic nitrogens is 4. The van der Waals surface area contributed by atoms with Crippen LogP contribution in [-0.2, 0) is 6.54 Å². The van der Waals surface area contributed by atoms with Gasteiger partial charge in [-0.05, 0) is 12.8 Å². The van der Waals surface area contributed by atoms with Crippen LogP contribution in [0.1, 0.15) is 12.8 Å². The maximum absolute atomic E-state index is 5.68. The Balaban J connectivity index is 2.28. The Labute approximate surface area is 87.7 Å². The van der Waals surface area contributed by atoms with E-state index in [0.29, 0.717) is 11.3 Å². The highest BCUT2D eigenvalue weighted by atomic mass is 15.1. The third-order valence-corrected chi connectivity index (χ3v) is 2.24. The molecule has 78 valence electrons. The summed E-state index contributed by atoms with van der Waals surface area (Å²) in [4.78, 5) is 12.2. The normalized spacial score (nSPS) is 10.7. The monoisotopic (exact) mass is 203 g/mol. The fourth-order valence-corrected chi connectivity index (χ4v) is 1.47. The molecule has 0 aromatic carbocycles. The summed E-state index contributed by atoms with van der Waals surface area (Å²) in [6, 6.07) is 0. The van der Waals surface area contributed by atoms with Crippen molar-refractivity contribution in [3.8, 4) is 0 Å². The molecule has 0 spiro atoms. The Hall–Kier alpha value is -1.91. The van der Waals surface area contributed by atoms with Crippen molar-refractivity contribution in [2.24, 2.45) is 0 Å². The van der Waals surface area contributed by atoms with Crippen molar-refractivity contribution < 1.29 is 0 Å². The second kappa shape index (κ2) is 4.08. The van der Waals surface area contributed by atoms with Gasteiger partial charge in [0.1, 0.15) is 11.8 Å². The number of allylic oxidation sites excluding steroid dienone is 1. The van der Waals surface area contributed by atoms with Gasteiger partial charge in [-0.1, -0.05) is 6.08 Å². The number of unbranched alkanes of at least 4 members (excludes halogenated alkanes) is 1. The lowest BCUT2D eigenvalue weighted by Crippen LogP contribution is -1.99. The average Bonchev–Trinajstić information content (AvgIpc) is 2.64. The summed E-state index contributed by atoms with van der Waals surface area (Å²) in [5, 5.41) is 0. The second-order valence-electron chi connectivity index (χ2n) is 3.30. The molecule has 2 aromatic heterocycles. The van der Waals surface area contributed by atoms with E-state index in [1.165, 1.54) is 6.33 Å². The van der Waals surface area contributed by atoms with Gasteiger partial charge in [0.25, 0.3) is 0 Å². The summed E-state index contributed by atoms with van der Waals surface area (Å²) in [5.74, 6) is 0.433. The van der Waals surface area contributed by atoms with E-state index < -0.39 is 0 Å². The van der Waals surface area contributed by atoms with Crippen molar-refractivity contribution in [2.45, 2.75) is 19.4 Å². The zero-order valence-electron chi connectivity index (χ0n) is 8.43. The maximum atomic E-state index is 5.68. The van der Waals surface area contributed by atoms with Crippen LogP contribution in [0.25, 0.3) is 11.2 Å². The Bertz CT molecular complexity index is 474. The van der Waals surface area contributed by atoms with E-state index in [2.05, 4.69) is 21.5 Å². The second-order valence-corrected chi connectivity index (χ2v) is 3.30. The smallest absolute Gasteiger partial charge is 0.165 e. The zero-order valence-corrected chi connectivity index (χ0v) is 8.43. The molecule has 2 rings (SSSR count). The molecule has 15 heavy (non-hydrogen) atoms. The highest BCUT2D eigenvalue weighted by Gasteiger charge is 2.06. The number of aryl methyl sites for hydroxylation is 1. The zero-order chi connectivity index (χ0) is 10.7. The minimum Gasteiger partial charge on any atom is -0.382 e. The number of nitrogen functional groups attached to an aromatic ring is 1. The first-order valence-electron chi connectivity index (χ1n) is 4.85. The Kier molecular flexibility index (Phi) is 2.62. The molecule has 2 aromatic rings. The topological polar surface area (TPSA) is 69.6 Å². The molecule has 0 bridgehead atoms. The molecular formula is C10H13N5. The number of nitrogens with zero attached hydrogens (tertiary/aromatic N) is 4. The molecule has 5 nitrogen and oxygen atoms in total. The number of hydrogen-bond acceptors (Lipinski definition) is 4. The van der Waals surface area contributed by atoms with Crippen molar-refractivity contribution in [2.75, 3.05) is 5.73 Å².